The molecule has 1 fully saturated rings. The predicted octanol–water partition coefficient (Wildman–Crippen LogP) is 3.44. The predicted molar refractivity (Wildman–Crippen MR) is 92.3 cm³/mol. The van der Waals surface area contributed by atoms with Gasteiger partial charge in [-0.2, -0.15) is 0 Å². The van der Waals surface area contributed by atoms with Crippen molar-refractivity contribution in [2.75, 3.05) is 13.7 Å². The van der Waals surface area contributed by atoms with Crippen LogP contribution >= 0.6 is 11.6 Å². The first-order valence-corrected chi connectivity index (χ1v) is 8.18. The summed E-state index contributed by atoms with van der Waals surface area (Å²) in [6.45, 7) is 6.28. The van der Waals surface area contributed by atoms with Crippen LogP contribution in [0.3, 0.4) is 0 Å². The summed E-state index contributed by atoms with van der Waals surface area (Å²) in [7, 11) is 1.42. The van der Waals surface area contributed by atoms with Crippen molar-refractivity contribution in [3.05, 3.63) is 28.4 Å². The van der Waals surface area contributed by atoms with Crippen LogP contribution in [-0.4, -0.2) is 36.6 Å². The molecule has 1 aromatic carbocycles. The third-order valence-electron chi connectivity index (χ3n) is 3.62. The average molecular weight is 353 g/mol. The number of hydrogen-bond donors (Lipinski definition) is 1. The van der Waals surface area contributed by atoms with E-state index in [1.165, 1.54) is 7.05 Å². The van der Waals surface area contributed by atoms with Gasteiger partial charge in [0.05, 0.1) is 17.7 Å². The third kappa shape index (κ3) is 3.82. The first-order valence-electron chi connectivity index (χ1n) is 7.81. The largest absolute Gasteiger partial charge is 0.490 e. The van der Waals surface area contributed by atoms with E-state index in [0.29, 0.717) is 28.7 Å². The van der Waals surface area contributed by atoms with Crippen LogP contribution in [0, 0.1) is 0 Å². The molecule has 1 N–H and O–H groups in total. The minimum Gasteiger partial charge on any atom is -0.490 e. The minimum absolute atomic E-state index is 0.00439. The van der Waals surface area contributed by atoms with Gasteiger partial charge in [0.15, 0.2) is 11.5 Å². The average Bonchev–Trinajstić information content (AvgIpc) is 2.78. The lowest BCUT2D eigenvalue weighted by Crippen LogP contribution is -2.25. The van der Waals surface area contributed by atoms with Crippen LogP contribution in [-0.2, 0) is 4.79 Å². The van der Waals surface area contributed by atoms with Crippen molar-refractivity contribution in [1.29, 1.82) is 0 Å². The Bertz CT molecular complexity index is 687. The minimum atomic E-state index is -0.459. The fourth-order valence-electron chi connectivity index (χ4n) is 2.12. The molecule has 0 radical (unpaired) electrons. The van der Waals surface area contributed by atoms with Crippen molar-refractivity contribution < 1.29 is 19.1 Å². The standard InChI is InChI=1S/C17H21ClN2O4/c1-5-10(3)24-15-12(18)7-11(9-14(15)23-6-2)8-13-16(21)20(4)17(22)19-13/h7-10H,5-6H2,1-4H3,(H,19,22)/b13-8+/t10-/m1/s1. The Labute approximate surface area is 146 Å². The number of benzene rings is 1. The van der Waals surface area contributed by atoms with E-state index in [1.807, 2.05) is 20.8 Å². The maximum Gasteiger partial charge on any atom is 0.328 e. The smallest absolute Gasteiger partial charge is 0.328 e. The molecule has 130 valence electrons. The highest BCUT2D eigenvalue weighted by molar-refractivity contribution is 6.32. The summed E-state index contributed by atoms with van der Waals surface area (Å²) in [6, 6.07) is 2.95. The number of rotatable bonds is 6. The first kappa shape index (κ1) is 18.1. The fraction of sp³-hybridized carbons (Fsp3) is 0.412. The van der Waals surface area contributed by atoms with E-state index in [4.69, 9.17) is 21.1 Å². The molecule has 0 aromatic heterocycles. The topological polar surface area (TPSA) is 67.9 Å². The maximum atomic E-state index is 12.0. The Hall–Kier alpha value is -2.21. The maximum absolute atomic E-state index is 12.0. The van der Waals surface area contributed by atoms with Crippen LogP contribution in [0.15, 0.2) is 17.8 Å². The van der Waals surface area contributed by atoms with Crippen LogP contribution in [0.1, 0.15) is 32.8 Å². The molecule has 0 saturated carbocycles. The number of halogens is 1. The van der Waals surface area contributed by atoms with Crippen LogP contribution in [0.2, 0.25) is 5.02 Å². The molecular weight excluding hydrogens is 332 g/mol. The Morgan fingerprint density at radius 3 is 2.58 bits per heavy atom. The number of hydrogen-bond acceptors (Lipinski definition) is 4. The summed E-state index contributed by atoms with van der Waals surface area (Å²) in [5, 5.41) is 2.90. The van der Waals surface area contributed by atoms with E-state index in [1.54, 1.807) is 18.2 Å². The molecule has 6 nitrogen and oxygen atoms in total. The Kier molecular flexibility index (Phi) is 5.72. The van der Waals surface area contributed by atoms with Gasteiger partial charge in [-0.25, -0.2) is 4.79 Å². The molecule has 1 atom stereocenters. The van der Waals surface area contributed by atoms with Gasteiger partial charge in [-0.1, -0.05) is 18.5 Å². The zero-order valence-electron chi connectivity index (χ0n) is 14.2. The molecule has 7 heteroatoms. The molecule has 0 bridgehead atoms. The van der Waals surface area contributed by atoms with Crippen LogP contribution in [0.25, 0.3) is 6.08 Å². The van der Waals surface area contributed by atoms with Crippen molar-refractivity contribution in [2.45, 2.75) is 33.3 Å². The van der Waals surface area contributed by atoms with E-state index < -0.39 is 11.9 Å². The first-order chi connectivity index (χ1) is 11.4. The lowest BCUT2D eigenvalue weighted by molar-refractivity contribution is -0.121. The summed E-state index contributed by atoms with van der Waals surface area (Å²) in [5.74, 6) is 0.588. The van der Waals surface area contributed by atoms with Gasteiger partial charge < -0.3 is 14.8 Å². The zero-order valence-corrected chi connectivity index (χ0v) is 14.9. The van der Waals surface area contributed by atoms with Gasteiger partial charge in [-0.15, -0.1) is 0 Å². The quantitative estimate of drug-likeness (QED) is 0.629. The van der Waals surface area contributed by atoms with Gasteiger partial charge >= 0.3 is 6.03 Å². The number of urea groups is 1. The number of likely N-dealkylation sites (N-methyl/N-ethyl adjacent to an activating group) is 1. The summed E-state index contributed by atoms with van der Waals surface area (Å²) >= 11 is 6.33. The normalized spacial score (nSPS) is 17.2. The van der Waals surface area contributed by atoms with Crippen molar-refractivity contribution in [1.82, 2.24) is 10.2 Å². The number of ether oxygens (including phenoxy) is 2. The summed E-state index contributed by atoms with van der Waals surface area (Å²) < 4.78 is 11.5. The molecule has 1 aliphatic rings. The third-order valence-corrected chi connectivity index (χ3v) is 3.90. The van der Waals surface area contributed by atoms with Crippen molar-refractivity contribution >= 4 is 29.6 Å². The molecule has 1 saturated heterocycles. The Balaban J connectivity index is 2.39. The van der Waals surface area contributed by atoms with E-state index in [2.05, 4.69) is 5.32 Å². The molecule has 0 unspecified atom stereocenters. The Morgan fingerprint density at radius 2 is 2.04 bits per heavy atom. The summed E-state index contributed by atoms with van der Waals surface area (Å²) in [6.07, 6.45) is 2.39. The van der Waals surface area contributed by atoms with Crippen LogP contribution in [0.5, 0.6) is 11.5 Å². The molecule has 0 aliphatic carbocycles. The number of nitrogens with one attached hydrogen (secondary N) is 1. The van der Waals surface area contributed by atoms with Gasteiger partial charge in [0.25, 0.3) is 5.91 Å². The molecule has 1 aromatic rings. The van der Waals surface area contributed by atoms with Gasteiger partial charge in [0, 0.05) is 7.05 Å². The lowest BCUT2D eigenvalue weighted by Gasteiger charge is -2.18. The SMILES string of the molecule is CCOc1cc(/C=C2/NC(=O)N(C)C2=O)cc(Cl)c1O[C@H](C)CC. The molecule has 1 aliphatic heterocycles. The van der Waals surface area contributed by atoms with Crippen molar-refractivity contribution in [2.24, 2.45) is 0 Å². The fourth-order valence-corrected chi connectivity index (χ4v) is 2.39. The number of imide groups is 1. The summed E-state index contributed by atoms with van der Waals surface area (Å²) in [4.78, 5) is 24.5. The van der Waals surface area contributed by atoms with Crippen molar-refractivity contribution in [3.8, 4) is 11.5 Å². The number of amides is 3. The second kappa shape index (κ2) is 7.57. The van der Waals surface area contributed by atoms with E-state index >= 15 is 0 Å². The number of carbonyl (C=O) groups is 2. The van der Waals surface area contributed by atoms with E-state index in [0.717, 1.165) is 11.3 Å². The van der Waals surface area contributed by atoms with Crippen LogP contribution < -0.4 is 14.8 Å². The lowest BCUT2D eigenvalue weighted by atomic mass is 10.1. The van der Waals surface area contributed by atoms with Gasteiger partial charge in [0.1, 0.15) is 5.70 Å². The van der Waals surface area contributed by atoms with Crippen LogP contribution in [0.4, 0.5) is 4.79 Å². The van der Waals surface area contributed by atoms with Gasteiger partial charge in [-0.05, 0) is 44.0 Å². The van der Waals surface area contributed by atoms with Gasteiger partial charge in [-0.3, -0.25) is 9.69 Å². The highest BCUT2D eigenvalue weighted by Crippen LogP contribution is 2.38. The van der Waals surface area contributed by atoms with Gasteiger partial charge in [0.2, 0.25) is 0 Å². The van der Waals surface area contributed by atoms with E-state index in [-0.39, 0.29) is 11.8 Å². The molecule has 24 heavy (non-hydrogen) atoms. The molecule has 3 amide bonds. The molecule has 2 rings (SSSR count). The monoisotopic (exact) mass is 352 g/mol. The second-order valence-electron chi connectivity index (χ2n) is 5.45. The number of nitrogens with zero attached hydrogens (tertiary/aromatic N) is 1. The number of carbonyl (C=O) groups excluding carboxylic acids is 2. The highest BCUT2D eigenvalue weighted by atomic mass is 35.5. The highest BCUT2D eigenvalue weighted by Gasteiger charge is 2.30. The summed E-state index contributed by atoms with van der Waals surface area (Å²) in [5.41, 5.74) is 0.829. The van der Waals surface area contributed by atoms with E-state index in [9.17, 15) is 9.59 Å². The molecule has 1 heterocycles. The Morgan fingerprint density at radius 1 is 1.33 bits per heavy atom. The molecule has 0 spiro atoms. The second-order valence-corrected chi connectivity index (χ2v) is 5.86. The van der Waals surface area contributed by atoms with Crippen molar-refractivity contribution in [3.63, 3.8) is 0 Å². The zero-order chi connectivity index (χ0) is 17.9. The molecular formula is C17H21ClN2O4.